The number of nitrogens with zero attached hydrogens (tertiary/aromatic N) is 4. The van der Waals surface area contributed by atoms with Crippen molar-refractivity contribution in [1.29, 1.82) is 0 Å². The molecule has 1 aliphatic heterocycles. The summed E-state index contributed by atoms with van der Waals surface area (Å²) in [7, 11) is 0.0853. The second kappa shape index (κ2) is 10.3. The van der Waals surface area contributed by atoms with Crippen LogP contribution in [0.15, 0.2) is 65.7 Å². The monoisotopic (exact) mass is 550 g/mol. The van der Waals surface area contributed by atoms with E-state index in [2.05, 4.69) is 14.7 Å². The molecule has 5 rings (SSSR count). The minimum absolute atomic E-state index is 0.124. The van der Waals surface area contributed by atoms with Crippen LogP contribution in [0.2, 0.25) is 5.02 Å². The lowest BCUT2D eigenvalue weighted by Gasteiger charge is -2.32. The summed E-state index contributed by atoms with van der Waals surface area (Å²) in [6.07, 6.45) is -2.04. The number of hydrogen-bond acceptors (Lipinski definition) is 5. The lowest BCUT2D eigenvalue weighted by Crippen LogP contribution is -2.36. The fourth-order valence-corrected chi connectivity index (χ4v) is 6.07. The fraction of sp³-hybridized carbons (Fsp3) is 0.280. The summed E-state index contributed by atoms with van der Waals surface area (Å²) >= 11 is 6.21. The first-order valence-electron chi connectivity index (χ1n) is 11.4. The van der Waals surface area contributed by atoms with Crippen molar-refractivity contribution in [2.75, 3.05) is 20.2 Å². The average molecular weight is 551 g/mol. The fourth-order valence-electron chi connectivity index (χ4n) is 4.50. The number of ether oxygens (including phenoxy) is 2. The zero-order chi connectivity index (χ0) is 26.2. The van der Waals surface area contributed by atoms with Crippen LogP contribution >= 0.6 is 11.6 Å². The minimum Gasteiger partial charge on any atom is -0.495 e. The Bertz CT molecular complexity index is 1450. The van der Waals surface area contributed by atoms with Crippen molar-refractivity contribution < 1.29 is 26.9 Å². The third-order valence-electron chi connectivity index (χ3n) is 6.15. The summed E-state index contributed by atoms with van der Waals surface area (Å²) < 4.78 is 65.7. The van der Waals surface area contributed by atoms with Crippen molar-refractivity contribution in [2.24, 2.45) is 0 Å². The van der Waals surface area contributed by atoms with Crippen LogP contribution in [0.5, 0.6) is 11.5 Å². The van der Waals surface area contributed by atoms with Crippen LogP contribution in [0.3, 0.4) is 0 Å². The summed E-state index contributed by atoms with van der Waals surface area (Å²) in [6, 6.07) is 14.3. The first-order valence-corrected chi connectivity index (χ1v) is 12.9. The second-order valence-corrected chi connectivity index (χ2v) is 10.3. The lowest BCUT2D eigenvalue weighted by molar-refractivity contribution is -0.274. The van der Waals surface area contributed by atoms with Crippen molar-refractivity contribution in [3.05, 3.63) is 65.8 Å². The molecule has 1 aliphatic rings. The van der Waals surface area contributed by atoms with Gasteiger partial charge in [0, 0.05) is 25.3 Å². The number of pyridine rings is 1. The predicted molar refractivity (Wildman–Crippen MR) is 134 cm³/mol. The van der Waals surface area contributed by atoms with E-state index < -0.39 is 17.3 Å². The molecule has 1 saturated heterocycles. The zero-order valence-corrected chi connectivity index (χ0v) is 21.2. The number of hydrogen-bond donors (Lipinski definition) is 0. The van der Waals surface area contributed by atoms with Gasteiger partial charge in [-0.15, -0.1) is 13.2 Å². The molecule has 12 heteroatoms. The number of rotatable bonds is 6. The molecule has 4 aromatic rings. The molecule has 1 unspecified atom stereocenters. The molecule has 2 aromatic carbocycles. The van der Waals surface area contributed by atoms with Crippen LogP contribution in [0.1, 0.15) is 18.9 Å². The molecule has 0 bridgehead atoms. The van der Waals surface area contributed by atoms with E-state index in [1.165, 1.54) is 19.2 Å². The Hall–Kier alpha value is -3.15. The molecular formula is C25H22ClF3N4O3S. The highest BCUT2D eigenvalue weighted by Gasteiger charge is 2.34. The Labute approximate surface area is 218 Å². The SMILES string of the molecule is COc1ccc(S(=O)N2CCC(n3c(-c4ccccc4OC(F)(F)F)nc4cccnc43)CC2)cc1Cl. The van der Waals surface area contributed by atoms with E-state index in [-0.39, 0.29) is 17.4 Å². The zero-order valence-electron chi connectivity index (χ0n) is 19.6. The number of piperidine rings is 1. The van der Waals surface area contributed by atoms with Gasteiger partial charge in [0.05, 0.1) is 22.6 Å². The number of fused-ring (bicyclic) bond motifs is 1. The van der Waals surface area contributed by atoms with Gasteiger partial charge < -0.3 is 14.0 Å². The van der Waals surface area contributed by atoms with Gasteiger partial charge in [0.1, 0.15) is 33.8 Å². The molecular weight excluding hydrogens is 529 g/mol. The van der Waals surface area contributed by atoms with Gasteiger partial charge in [-0.25, -0.2) is 18.5 Å². The molecule has 0 saturated carbocycles. The van der Waals surface area contributed by atoms with E-state index in [0.717, 1.165) is 0 Å². The van der Waals surface area contributed by atoms with Gasteiger partial charge in [-0.1, -0.05) is 23.7 Å². The second-order valence-electron chi connectivity index (χ2n) is 8.40. The molecule has 3 heterocycles. The maximum atomic E-state index is 13.2. The average Bonchev–Trinajstić information content (AvgIpc) is 3.27. The molecule has 37 heavy (non-hydrogen) atoms. The number of alkyl halides is 3. The molecule has 7 nitrogen and oxygen atoms in total. The normalized spacial score (nSPS) is 16.1. The topological polar surface area (TPSA) is 69.5 Å². The van der Waals surface area contributed by atoms with Gasteiger partial charge in [0.2, 0.25) is 0 Å². The largest absolute Gasteiger partial charge is 0.573 e. The first-order chi connectivity index (χ1) is 17.7. The first kappa shape index (κ1) is 25.5. The van der Waals surface area contributed by atoms with Gasteiger partial charge in [-0.2, -0.15) is 0 Å². The van der Waals surface area contributed by atoms with E-state index in [0.29, 0.717) is 58.6 Å². The number of imidazole rings is 1. The van der Waals surface area contributed by atoms with Gasteiger partial charge >= 0.3 is 6.36 Å². The van der Waals surface area contributed by atoms with Crippen LogP contribution in [0, 0.1) is 0 Å². The highest BCUT2D eigenvalue weighted by Crippen LogP contribution is 2.38. The number of methoxy groups -OCH3 is 1. The number of halogens is 4. The van der Waals surface area contributed by atoms with Crippen molar-refractivity contribution >= 4 is 33.8 Å². The minimum atomic E-state index is -4.84. The van der Waals surface area contributed by atoms with Crippen LogP contribution in [0.25, 0.3) is 22.6 Å². The Morgan fingerprint density at radius 2 is 1.81 bits per heavy atom. The van der Waals surface area contributed by atoms with Crippen molar-refractivity contribution in [1.82, 2.24) is 18.8 Å². The number of benzene rings is 2. The maximum Gasteiger partial charge on any atom is 0.573 e. The molecule has 1 fully saturated rings. The third kappa shape index (κ3) is 5.29. The molecule has 0 N–H and O–H groups in total. The van der Waals surface area contributed by atoms with E-state index in [1.54, 1.807) is 48.7 Å². The van der Waals surface area contributed by atoms with Crippen molar-refractivity contribution in [3.63, 3.8) is 0 Å². The highest BCUT2D eigenvalue weighted by molar-refractivity contribution is 7.82. The molecule has 0 radical (unpaired) electrons. The van der Waals surface area contributed by atoms with Crippen LogP contribution in [-0.2, 0) is 11.0 Å². The Morgan fingerprint density at radius 1 is 1.05 bits per heavy atom. The molecule has 0 aliphatic carbocycles. The molecule has 194 valence electrons. The molecule has 0 amide bonds. The Kier molecular flexibility index (Phi) is 7.11. The summed E-state index contributed by atoms with van der Waals surface area (Å²) in [5.74, 6) is 0.513. The van der Waals surface area contributed by atoms with Crippen molar-refractivity contribution in [2.45, 2.75) is 30.1 Å². The van der Waals surface area contributed by atoms with Crippen LogP contribution in [0.4, 0.5) is 13.2 Å². The predicted octanol–water partition coefficient (Wildman–Crippen LogP) is 6.02. The standard InChI is InChI=1S/C25H22ClF3N4O3S/c1-35-22-9-8-17(15-19(22)26)37(34)32-13-10-16(11-14-32)33-23(31-20-6-4-12-30-24(20)33)18-5-2-3-7-21(18)36-25(27,28)29/h2-9,12,15-16H,10-11,13-14H2,1H3. The van der Waals surface area contributed by atoms with Gasteiger partial charge in [-0.3, -0.25) is 0 Å². The summed E-state index contributed by atoms with van der Waals surface area (Å²) in [4.78, 5) is 9.67. The van der Waals surface area contributed by atoms with Crippen LogP contribution < -0.4 is 9.47 Å². The van der Waals surface area contributed by atoms with Gasteiger partial charge in [0.15, 0.2) is 5.65 Å². The maximum absolute atomic E-state index is 13.2. The smallest absolute Gasteiger partial charge is 0.495 e. The number of aromatic nitrogens is 3. The molecule has 2 aromatic heterocycles. The number of para-hydroxylation sites is 1. The molecule has 1 atom stereocenters. The quantitative estimate of drug-likeness (QED) is 0.294. The van der Waals surface area contributed by atoms with E-state index in [1.807, 2.05) is 8.87 Å². The third-order valence-corrected chi connectivity index (χ3v) is 7.94. The summed E-state index contributed by atoms with van der Waals surface area (Å²) in [5, 5.41) is 0.378. The lowest BCUT2D eigenvalue weighted by atomic mass is 10.1. The Morgan fingerprint density at radius 3 is 2.51 bits per heavy atom. The van der Waals surface area contributed by atoms with E-state index in [4.69, 9.17) is 16.3 Å². The summed E-state index contributed by atoms with van der Waals surface area (Å²) in [6.45, 7) is 0.987. The van der Waals surface area contributed by atoms with Crippen LogP contribution in [-0.4, -0.2) is 49.6 Å². The van der Waals surface area contributed by atoms with E-state index in [9.17, 15) is 17.4 Å². The Balaban J connectivity index is 1.44. The van der Waals surface area contributed by atoms with E-state index >= 15 is 0 Å². The molecule has 0 spiro atoms. The van der Waals surface area contributed by atoms with Gasteiger partial charge in [-0.05, 0) is 55.3 Å². The highest BCUT2D eigenvalue weighted by atomic mass is 35.5. The summed E-state index contributed by atoms with van der Waals surface area (Å²) in [5.41, 5.74) is 1.36. The van der Waals surface area contributed by atoms with Crippen molar-refractivity contribution in [3.8, 4) is 22.9 Å². The van der Waals surface area contributed by atoms with Gasteiger partial charge in [0.25, 0.3) is 0 Å².